The highest BCUT2D eigenvalue weighted by Gasteiger charge is 2.29. The Balaban J connectivity index is 1.48. The van der Waals surface area contributed by atoms with Gasteiger partial charge in [0.1, 0.15) is 6.61 Å². The van der Waals surface area contributed by atoms with Crippen LogP contribution in [0, 0.1) is 0 Å². The summed E-state index contributed by atoms with van der Waals surface area (Å²) in [6, 6.07) is 16.0. The zero-order valence-electron chi connectivity index (χ0n) is 20.1. The molecule has 0 bridgehead atoms. The third kappa shape index (κ3) is 7.82. The molecule has 8 heteroatoms. The SMILES string of the molecule is CCCCC(CC(=O)NCCOCCC(=O)O)NC(=O)OCC1c2ccccc2-c2ccccc21. The number of carboxylic acids is 1. The van der Waals surface area contributed by atoms with Gasteiger partial charge in [0.15, 0.2) is 0 Å². The van der Waals surface area contributed by atoms with Gasteiger partial charge in [-0.3, -0.25) is 9.59 Å². The lowest BCUT2D eigenvalue weighted by Crippen LogP contribution is -2.40. The number of aliphatic carboxylic acids is 1. The molecule has 1 unspecified atom stereocenters. The molecule has 0 fully saturated rings. The van der Waals surface area contributed by atoms with E-state index >= 15 is 0 Å². The summed E-state index contributed by atoms with van der Waals surface area (Å²) < 4.78 is 10.8. The first kappa shape index (κ1) is 26.2. The second kappa shape index (κ2) is 13.5. The Morgan fingerprint density at radius 2 is 1.66 bits per heavy atom. The van der Waals surface area contributed by atoms with E-state index in [2.05, 4.69) is 41.8 Å². The molecule has 1 atom stereocenters. The molecule has 0 heterocycles. The fourth-order valence-electron chi connectivity index (χ4n) is 4.30. The van der Waals surface area contributed by atoms with E-state index in [1.165, 1.54) is 11.1 Å². The lowest BCUT2D eigenvalue weighted by atomic mass is 9.98. The first-order valence-electron chi connectivity index (χ1n) is 12.2. The second-order valence-electron chi connectivity index (χ2n) is 8.62. The number of carbonyl (C=O) groups excluding carboxylic acids is 2. The lowest BCUT2D eigenvalue weighted by Gasteiger charge is -2.20. The van der Waals surface area contributed by atoms with Gasteiger partial charge >= 0.3 is 12.1 Å². The maximum atomic E-state index is 12.6. The summed E-state index contributed by atoms with van der Waals surface area (Å²) in [5.41, 5.74) is 4.63. The van der Waals surface area contributed by atoms with Crippen LogP contribution in [0.4, 0.5) is 4.79 Å². The fraction of sp³-hybridized carbons (Fsp3) is 0.444. The minimum absolute atomic E-state index is 0.0216. The molecule has 0 aliphatic heterocycles. The molecule has 0 spiro atoms. The Kier molecular flexibility index (Phi) is 10.1. The third-order valence-electron chi connectivity index (χ3n) is 6.03. The molecule has 2 aromatic rings. The maximum Gasteiger partial charge on any atom is 0.407 e. The van der Waals surface area contributed by atoms with E-state index in [-0.39, 0.29) is 57.1 Å². The number of rotatable bonds is 14. The number of carboxylic acid groups (broad SMARTS) is 1. The molecule has 3 rings (SSSR count). The van der Waals surface area contributed by atoms with Crippen molar-refractivity contribution in [3.63, 3.8) is 0 Å². The van der Waals surface area contributed by atoms with E-state index < -0.39 is 12.1 Å². The smallest absolute Gasteiger partial charge is 0.407 e. The molecule has 0 saturated carbocycles. The molecule has 0 aromatic heterocycles. The number of benzene rings is 2. The van der Waals surface area contributed by atoms with Gasteiger partial charge in [0.05, 0.1) is 19.6 Å². The van der Waals surface area contributed by atoms with Crippen LogP contribution in [-0.2, 0) is 19.1 Å². The van der Waals surface area contributed by atoms with Crippen LogP contribution >= 0.6 is 0 Å². The highest BCUT2D eigenvalue weighted by atomic mass is 16.5. The standard InChI is InChI=1S/C27H34N2O6/c1-2-3-8-19(17-25(30)28-14-16-34-15-13-26(31)32)29-27(33)35-18-24-22-11-6-4-9-20(22)21-10-5-7-12-23(21)24/h4-7,9-12,19,24H,2-3,8,13-18H2,1H3,(H,28,30)(H,29,33)(H,31,32). The van der Waals surface area contributed by atoms with Crippen molar-refractivity contribution >= 4 is 18.0 Å². The van der Waals surface area contributed by atoms with Gasteiger partial charge in [-0.05, 0) is 28.7 Å². The summed E-state index contributed by atoms with van der Waals surface area (Å²) in [7, 11) is 0. The van der Waals surface area contributed by atoms with Gasteiger partial charge in [-0.15, -0.1) is 0 Å². The highest BCUT2D eigenvalue weighted by molar-refractivity contribution is 5.79. The quantitative estimate of drug-likeness (QED) is 0.350. The van der Waals surface area contributed by atoms with Gasteiger partial charge < -0.3 is 25.2 Å². The van der Waals surface area contributed by atoms with Crippen molar-refractivity contribution in [1.29, 1.82) is 0 Å². The average Bonchev–Trinajstić information content (AvgIpc) is 3.17. The van der Waals surface area contributed by atoms with E-state index in [1.54, 1.807) is 0 Å². The molecule has 1 aliphatic carbocycles. The first-order valence-corrected chi connectivity index (χ1v) is 12.2. The molecule has 2 aromatic carbocycles. The van der Waals surface area contributed by atoms with Crippen LogP contribution in [0.3, 0.4) is 0 Å². The van der Waals surface area contributed by atoms with Crippen molar-refractivity contribution in [1.82, 2.24) is 10.6 Å². The van der Waals surface area contributed by atoms with Crippen molar-refractivity contribution in [3.8, 4) is 11.1 Å². The number of fused-ring (bicyclic) bond motifs is 3. The molecule has 2 amide bonds. The summed E-state index contributed by atoms with van der Waals surface area (Å²) in [6.07, 6.45) is 2.03. The summed E-state index contributed by atoms with van der Waals surface area (Å²) in [5.74, 6) is -1.15. The maximum absolute atomic E-state index is 12.6. The molecule has 8 nitrogen and oxygen atoms in total. The van der Waals surface area contributed by atoms with E-state index in [0.717, 1.165) is 24.0 Å². The Labute approximate surface area is 206 Å². The van der Waals surface area contributed by atoms with Gasteiger partial charge in [-0.25, -0.2) is 4.79 Å². The van der Waals surface area contributed by atoms with Crippen LogP contribution < -0.4 is 10.6 Å². The molecule has 1 aliphatic rings. The summed E-state index contributed by atoms with van der Waals surface area (Å²) in [5, 5.41) is 14.2. The zero-order chi connectivity index (χ0) is 25.0. The minimum atomic E-state index is -0.924. The largest absolute Gasteiger partial charge is 0.481 e. The lowest BCUT2D eigenvalue weighted by molar-refractivity contribution is -0.138. The van der Waals surface area contributed by atoms with Gasteiger partial charge in [0, 0.05) is 24.9 Å². The number of hydrogen-bond acceptors (Lipinski definition) is 5. The van der Waals surface area contributed by atoms with Crippen molar-refractivity contribution in [3.05, 3.63) is 59.7 Å². The van der Waals surface area contributed by atoms with Gasteiger partial charge in [-0.2, -0.15) is 0 Å². The van der Waals surface area contributed by atoms with Crippen molar-refractivity contribution in [2.24, 2.45) is 0 Å². The number of unbranched alkanes of at least 4 members (excludes halogenated alkanes) is 1. The average molecular weight is 483 g/mol. The zero-order valence-corrected chi connectivity index (χ0v) is 20.1. The number of nitrogens with one attached hydrogen (secondary N) is 2. The molecular formula is C27H34N2O6. The minimum Gasteiger partial charge on any atom is -0.481 e. The number of amides is 2. The number of alkyl carbamates (subject to hydrolysis) is 1. The summed E-state index contributed by atoms with van der Waals surface area (Å²) in [4.78, 5) is 35.4. The van der Waals surface area contributed by atoms with Crippen molar-refractivity contribution in [2.75, 3.05) is 26.4 Å². The fourth-order valence-corrected chi connectivity index (χ4v) is 4.30. The van der Waals surface area contributed by atoms with Gasteiger partial charge in [0.2, 0.25) is 5.91 Å². The summed E-state index contributed by atoms with van der Waals surface area (Å²) in [6.45, 7) is 2.90. The van der Waals surface area contributed by atoms with Crippen LogP contribution in [0.1, 0.15) is 56.1 Å². The Morgan fingerprint density at radius 3 is 2.29 bits per heavy atom. The van der Waals surface area contributed by atoms with Crippen LogP contribution in [-0.4, -0.2) is 55.5 Å². The topological polar surface area (TPSA) is 114 Å². The number of ether oxygens (including phenoxy) is 2. The third-order valence-corrected chi connectivity index (χ3v) is 6.03. The van der Waals surface area contributed by atoms with Crippen LogP contribution in [0.15, 0.2) is 48.5 Å². The molecule has 0 radical (unpaired) electrons. The van der Waals surface area contributed by atoms with Crippen LogP contribution in [0.25, 0.3) is 11.1 Å². The predicted molar refractivity (Wildman–Crippen MR) is 132 cm³/mol. The van der Waals surface area contributed by atoms with Crippen molar-refractivity contribution < 1.29 is 29.0 Å². The molecular weight excluding hydrogens is 448 g/mol. The van der Waals surface area contributed by atoms with Gasteiger partial charge in [0.25, 0.3) is 0 Å². The van der Waals surface area contributed by atoms with Crippen molar-refractivity contribution in [2.45, 2.75) is 51.0 Å². The molecule has 35 heavy (non-hydrogen) atoms. The van der Waals surface area contributed by atoms with Gasteiger partial charge in [-0.1, -0.05) is 68.3 Å². The highest BCUT2D eigenvalue weighted by Crippen LogP contribution is 2.44. The number of carbonyl (C=O) groups is 3. The van der Waals surface area contributed by atoms with E-state index in [9.17, 15) is 14.4 Å². The molecule has 188 valence electrons. The van der Waals surface area contributed by atoms with E-state index in [4.69, 9.17) is 14.6 Å². The summed E-state index contributed by atoms with van der Waals surface area (Å²) >= 11 is 0. The van der Waals surface area contributed by atoms with E-state index in [1.807, 2.05) is 24.3 Å². The van der Waals surface area contributed by atoms with Crippen LogP contribution in [0.5, 0.6) is 0 Å². The predicted octanol–water partition coefficient (Wildman–Crippen LogP) is 4.08. The second-order valence-corrected chi connectivity index (χ2v) is 8.62. The number of hydrogen-bond donors (Lipinski definition) is 3. The normalized spacial score (nSPS) is 12.9. The Morgan fingerprint density at radius 1 is 1.00 bits per heavy atom. The molecule has 0 saturated heterocycles. The first-order chi connectivity index (χ1) is 17.0. The Bertz CT molecular complexity index is 963. The Hall–Kier alpha value is -3.39. The monoisotopic (exact) mass is 482 g/mol. The molecule has 3 N–H and O–H groups in total. The van der Waals surface area contributed by atoms with Crippen LogP contribution in [0.2, 0.25) is 0 Å². The van der Waals surface area contributed by atoms with E-state index in [0.29, 0.717) is 6.42 Å².